The van der Waals surface area contributed by atoms with Crippen LogP contribution < -0.4 is 4.90 Å². The first-order chi connectivity index (χ1) is 8.60. The number of fused-ring (bicyclic) bond motifs is 1. The van der Waals surface area contributed by atoms with Gasteiger partial charge in [0.1, 0.15) is 5.60 Å². The van der Waals surface area contributed by atoms with Gasteiger partial charge >= 0.3 is 6.09 Å². The molecule has 0 N–H and O–H groups in total. The van der Waals surface area contributed by atoms with E-state index >= 15 is 0 Å². The number of aromatic nitrogens is 2. The third-order valence-electron chi connectivity index (χ3n) is 2.84. The molecule has 1 aromatic heterocycles. The lowest BCUT2D eigenvalue weighted by atomic mass is 9.92. The zero-order valence-corrected chi connectivity index (χ0v) is 12.6. The van der Waals surface area contributed by atoms with Crippen molar-refractivity contribution in [1.82, 2.24) is 10.2 Å². The molecule has 1 aliphatic rings. The van der Waals surface area contributed by atoms with Crippen molar-refractivity contribution in [1.29, 1.82) is 0 Å². The van der Waals surface area contributed by atoms with E-state index in [1.807, 2.05) is 34.6 Å². The smallest absolute Gasteiger partial charge is 0.414 e. The van der Waals surface area contributed by atoms with Crippen molar-refractivity contribution >= 4 is 23.4 Å². The number of halogens is 1. The van der Waals surface area contributed by atoms with Crippen LogP contribution in [0.15, 0.2) is 6.07 Å². The van der Waals surface area contributed by atoms with E-state index in [9.17, 15) is 4.79 Å². The number of hydrogen-bond acceptors (Lipinski definition) is 4. The Morgan fingerprint density at radius 2 is 2.05 bits per heavy atom. The summed E-state index contributed by atoms with van der Waals surface area (Å²) in [6.45, 7) is 10.0. The fourth-order valence-corrected chi connectivity index (χ4v) is 2.22. The predicted molar refractivity (Wildman–Crippen MR) is 73.6 cm³/mol. The molecule has 0 atom stereocenters. The topological polar surface area (TPSA) is 55.3 Å². The van der Waals surface area contributed by atoms with Gasteiger partial charge in [0.2, 0.25) is 0 Å². The molecule has 0 radical (unpaired) electrons. The molecule has 2 heterocycles. The lowest BCUT2D eigenvalue weighted by molar-refractivity contribution is 0.0579. The first kappa shape index (κ1) is 14.1. The quantitative estimate of drug-likeness (QED) is 0.734. The molecule has 0 spiro atoms. The van der Waals surface area contributed by atoms with Gasteiger partial charge in [0, 0.05) is 18.0 Å². The number of ether oxygens (including phenoxy) is 1. The fourth-order valence-electron chi connectivity index (χ4n) is 2.08. The van der Waals surface area contributed by atoms with Gasteiger partial charge in [0.15, 0.2) is 5.15 Å². The fraction of sp³-hybridized carbons (Fsp3) is 0.615. The molecule has 0 saturated heterocycles. The van der Waals surface area contributed by atoms with Crippen LogP contribution in [-0.4, -0.2) is 28.4 Å². The zero-order chi connectivity index (χ0) is 14.4. The number of anilines is 1. The van der Waals surface area contributed by atoms with Gasteiger partial charge in [-0.3, -0.25) is 4.90 Å². The lowest BCUT2D eigenvalue weighted by Crippen LogP contribution is -2.38. The minimum atomic E-state index is -0.533. The maximum Gasteiger partial charge on any atom is 0.414 e. The summed E-state index contributed by atoms with van der Waals surface area (Å²) in [6, 6.07) is 1.66. The Bertz CT molecular complexity index is 523. The van der Waals surface area contributed by atoms with E-state index in [0.717, 1.165) is 5.69 Å². The average Bonchev–Trinajstić information content (AvgIpc) is 2.48. The second-order valence-corrected chi connectivity index (χ2v) is 6.74. The summed E-state index contributed by atoms with van der Waals surface area (Å²) in [5.41, 5.74) is 0.653. The molecule has 5 nitrogen and oxygen atoms in total. The van der Waals surface area contributed by atoms with Gasteiger partial charge in [-0.05, 0) is 20.8 Å². The van der Waals surface area contributed by atoms with E-state index in [4.69, 9.17) is 16.3 Å². The molecule has 6 heteroatoms. The van der Waals surface area contributed by atoms with Crippen LogP contribution >= 0.6 is 11.6 Å². The molecule has 104 valence electrons. The number of amides is 1. The van der Waals surface area contributed by atoms with E-state index in [2.05, 4.69) is 10.2 Å². The highest BCUT2D eigenvalue weighted by Gasteiger charge is 2.41. The molecule has 0 aliphatic carbocycles. The SMILES string of the molecule is CC(C)(C)OC(=O)N1CC(C)(C)c2nnc(Cl)cc21. The van der Waals surface area contributed by atoms with Crippen molar-refractivity contribution < 1.29 is 9.53 Å². The maximum absolute atomic E-state index is 12.2. The number of carbonyl (C=O) groups excluding carboxylic acids is 1. The first-order valence-electron chi connectivity index (χ1n) is 6.14. The van der Waals surface area contributed by atoms with Crippen molar-refractivity contribution in [2.45, 2.75) is 45.6 Å². The molecule has 0 saturated carbocycles. The monoisotopic (exact) mass is 283 g/mol. The normalized spacial score (nSPS) is 17.3. The van der Waals surface area contributed by atoms with Gasteiger partial charge < -0.3 is 4.74 Å². The molecule has 0 bridgehead atoms. The van der Waals surface area contributed by atoms with Gasteiger partial charge in [-0.1, -0.05) is 25.4 Å². The minimum Gasteiger partial charge on any atom is -0.443 e. The van der Waals surface area contributed by atoms with E-state index in [1.165, 1.54) is 0 Å². The van der Waals surface area contributed by atoms with Crippen LogP contribution in [0.1, 0.15) is 40.3 Å². The predicted octanol–water partition coefficient (Wildman–Crippen LogP) is 3.16. The maximum atomic E-state index is 12.2. The van der Waals surface area contributed by atoms with Gasteiger partial charge in [0.05, 0.1) is 11.4 Å². The Balaban J connectivity index is 2.36. The van der Waals surface area contributed by atoms with Crippen molar-refractivity contribution in [3.8, 4) is 0 Å². The van der Waals surface area contributed by atoms with Crippen LogP contribution in [0.2, 0.25) is 5.15 Å². The standard InChI is InChI=1S/C13H18ClN3O2/c1-12(2,3)19-11(18)17-7-13(4,5)10-8(17)6-9(14)15-16-10/h6H,7H2,1-5H3. The summed E-state index contributed by atoms with van der Waals surface area (Å²) >= 11 is 5.87. The first-order valence-corrected chi connectivity index (χ1v) is 6.52. The van der Waals surface area contributed by atoms with E-state index in [-0.39, 0.29) is 16.7 Å². The average molecular weight is 284 g/mol. The molecule has 19 heavy (non-hydrogen) atoms. The molecule has 1 aromatic rings. The van der Waals surface area contributed by atoms with Gasteiger partial charge in [-0.15, -0.1) is 5.10 Å². The van der Waals surface area contributed by atoms with Crippen molar-refractivity contribution in [2.24, 2.45) is 0 Å². The molecule has 2 rings (SSSR count). The Morgan fingerprint density at radius 1 is 1.42 bits per heavy atom. The van der Waals surface area contributed by atoms with E-state index in [0.29, 0.717) is 12.2 Å². The molecular formula is C13H18ClN3O2. The van der Waals surface area contributed by atoms with Crippen LogP contribution in [0.4, 0.5) is 10.5 Å². The number of rotatable bonds is 0. The highest BCUT2D eigenvalue weighted by Crippen LogP contribution is 2.40. The molecule has 0 aromatic carbocycles. The molecular weight excluding hydrogens is 266 g/mol. The summed E-state index contributed by atoms with van der Waals surface area (Å²) in [4.78, 5) is 13.8. The Morgan fingerprint density at radius 3 is 2.63 bits per heavy atom. The highest BCUT2D eigenvalue weighted by atomic mass is 35.5. The van der Waals surface area contributed by atoms with Gasteiger partial charge in [0.25, 0.3) is 0 Å². The second-order valence-electron chi connectivity index (χ2n) is 6.35. The Hall–Kier alpha value is -1.36. The van der Waals surface area contributed by atoms with Crippen LogP contribution in [0, 0.1) is 0 Å². The largest absolute Gasteiger partial charge is 0.443 e. The number of hydrogen-bond donors (Lipinski definition) is 0. The third kappa shape index (κ3) is 2.81. The van der Waals surface area contributed by atoms with Gasteiger partial charge in [-0.2, -0.15) is 5.10 Å². The van der Waals surface area contributed by atoms with Crippen LogP contribution in [0.5, 0.6) is 0 Å². The number of carbonyl (C=O) groups is 1. The summed E-state index contributed by atoms with van der Waals surface area (Å²) in [5, 5.41) is 8.23. The summed E-state index contributed by atoms with van der Waals surface area (Å²) < 4.78 is 5.41. The molecule has 1 aliphatic heterocycles. The Kier molecular flexibility index (Phi) is 3.21. The van der Waals surface area contributed by atoms with Crippen LogP contribution in [0.25, 0.3) is 0 Å². The molecule has 1 amide bonds. The van der Waals surface area contributed by atoms with Crippen molar-refractivity contribution in [3.05, 3.63) is 16.9 Å². The molecule has 0 fully saturated rings. The summed E-state index contributed by atoms with van der Waals surface area (Å²) in [5.74, 6) is 0. The Labute approximate surface area is 117 Å². The summed E-state index contributed by atoms with van der Waals surface area (Å²) in [7, 11) is 0. The minimum absolute atomic E-state index is 0.260. The van der Waals surface area contributed by atoms with Crippen LogP contribution in [0.3, 0.4) is 0 Å². The zero-order valence-electron chi connectivity index (χ0n) is 11.8. The third-order valence-corrected chi connectivity index (χ3v) is 3.03. The highest BCUT2D eigenvalue weighted by molar-refractivity contribution is 6.29. The van der Waals surface area contributed by atoms with Crippen LogP contribution in [-0.2, 0) is 10.2 Å². The lowest BCUT2D eigenvalue weighted by Gasteiger charge is -2.25. The van der Waals surface area contributed by atoms with E-state index < -0.39 is 5.60 Å². The second kappa shape index (κ2) is 4.34. The molecule has 0 unspecified atom stereocenters. The number of nitrogens with zero attached hydrogens (tertiary/aromatic N) is 3. The van der Waals surface area contributed by atoms with E-state index in [1.54, 1.807) is 11.0 Å². The van der Waals surface area contributed by atoms with Gasteiger partial charge in [-0.25, -0.2) is 4.79 Å². The summed E-state index contributed by atoms with van der Waals surface area (Å²) in [6.07, 6.45) is -0.386. The van der Waals surface area contributed by atoms with Crippen molar-refractivity contribution in [3.63, 3.8) is 0 Å². The van der Waals surface area contributed by atoms with Crippen molar-refractivity contribution in [2.75, 3.05) is 11.4 Å².